The van der Waals surface area contributed by atoms with Crippen LogP contribution in [0.1, 0.15) is 25.2 Å². The minimum absolute atomic E-state index is 0.661. The van der Waals surface area contributed by atoms with Gasteiger partial charge in [0.25, 0.3) is 0 Å². The number of rotatable bonds is 5. The molecule has 1 aromatic heterocycles. The summed E-state index contributed by atoms with van der Waals surface area (Å²) in [6.45, 7) is 8.36. The van der Waals surface area contributed by atoms with Crippen molar-refractivity contribution in [2.24, 2.45) is 5.92 Å². The molecule has 1 aromatic carbocycles. The lowest BCUT2D eigenvalue weighted by Gasteiger charge is -2.14. The van der Waals surface area contributed by atoms with Gasteiger partial charge in [0.05, 0.1) is 5.69 Å². The fourth-order valence-corrected chi connectivity index (χ4v) is 2.39. The van der Waals surface area contributed by atoms with Crippen molar-refractivity contribution in [2.75, 3.05) is 6.54 Å². The summed E-state index contributed by atoms with van der Waals surface area (Å²) < 4.78 is 3.21. The number of aromatic nitrogens is 2. The van der Waals surface area contributed by atoms with Crippen LogP contribution in [0.2, 0.25) is 0 Å². The monoisotopic (exact) mass is 321 g/mol. The molecular formula is C15H20BrN3. The molecule has 0 aliphatic heterocycles. The van der Waals surface area contributed by atoms with Crippen molar-refractivity contribution in [3.8, 4) is 5.69 Å². The smallest absolute Gasteiger partial charge is 0.110 e. The van der Waals surface area contributed by atoms with Crippen molar-refractivity contribution in [2.45, 2.75) is 27.3 Å². The summed E-state index contributed by atoms with van der Waals surface area (Å²) in [6, 6.07) is 6.38. The molecular weight excluding hydrogens is 302 g/mol. The third-order valence-corrected chi connectivity index (χ3v) is 3.49. The maximum Gasteiger partial charge on any atom is 0.110 e. The average Bonchev–Trinajstić information content (AvgIpc) is 2.77. The number of nitrogens with zero attached hydrogens (tertiary/aromatic N) is 2. The molecule has 0 radical (unpaired) electrons. The molecule has 1 N–H and O–H groups in total. The summed E-state index contributed by atoms with van der Waals surface area (Å²) in [5.74, 6) is 1.66. The maximum atomic E-state index is 4.30. The molecule has 0 saturated heterocycles. The topological polar surface area (TPSA) is 29.9 Å². The van der Waals surface area contributed by atoms with E-state index in [4.69, 9.17) is 0 Å². The molecule has 2 rings (SSSR count). The molecule has 0 bridgehead atoms. The summed E-state index contributed by atoms with van der Waals surface area (Å²) in [7, 11) is 0. The SMILES string of the molecule is Cc1nccn1-c1cc(Br)ccc1CNCC(C)C. The van der Waals surface area contributed by atoms with Crippen LogP contribution in [0.15, 0.2) is 35.1 Å². The van der Waals surface area contributed by atoms with Crippen LogP contribution >= 0.6 is 15.9 Å². The molecule has 0 fully saturated rings. The van der Waals surface area contributed by atoms with Gasteiger partial charge in [0.1, 0.15) is 5.82 Å². The zero-order valence-corrected chi connectivity index (χ0v) is 13.2. The first-order valence-electron chi connectivity index (χ1n) is 6.57. The summed E-state index contributed by atoms with van der Waals surface area (Å²) in [5.41, 5.74) is 2.46. The van der Waals surface area contributed by atoms with Gasteiger partial charge in [0.2, 0.25) is 0 Å². The summed E-state index contributed by atoms with van der Waals surface area (Å²) in [6.07, 6.45) is 3.84. The fraction of sp³-hybridized carbons (Fsp3) is 0.400. The molecule has 19 heavy (non-hydrogen) atoms. The van der Waals surface area contributed by atoms with E-state index in [1.54, 1.807) is 0 Å². The number of imidazole rings is 1. The molecule has 2 aromatic rings. The van der Waals surface area contributed by atoms with E-state index in [9.17, 15) is 0 Å². The predicted octanol–water partition coefficient (Wildman–Crippen LogP) is 3.69. The summed E-state index contributed by atoms with van der Waals surface area (Å²) in [4.78, 5) is 4.30. The van der Waals surface area contributed by atoms with Crippen LogP contribution in [0, 0.1) is 12.8 Å². The van der Waals surface area contributed by atoms with Crippen molar-refractivity contribution in [3.63, 3.8) is 0 Å². The van der Waals surface area contributed by atoms with E-state index in [0.717, 1.165) is 23.4 Å². The highest BCUT2D eigenvalue weighted by Gasteiger charge is 2.08. The Bertz CT molecular complexity index is 546. The second-order valence-corrected chi connectivity index (χ2v) is 6.06. The van der Waals surface area contributed by atoms with Crippen molar-refractivity contribution in [1.29, 1.82) is 0 Å². The van der Waals surface area contributed by atoms with Gasteiger partial charge in [-0.1, -0.05) is 35.8 Å². The quantitative estimate of drug-likeness (QED) is 0.910. The molecule has 0 atom stereocenters. The van der Waals surface area contributed by atoms with Gasteiger partial charge < -0.3 is 9.88 Å². The molecule has 1 heterocycles. The molecule has 3 nitrogen and oxygen atoms in total. The Kier molecular flexibility index (Phi) is 4.77. The van der Waals surface area contributed by atoms with E-state index in [1.807, 2.05) is 19.3 Å². The molecule has 4 heteroatoms. The Morgan fingerprint density at radius 2 is 2.16 bits per heavy atom. The van der Waals surface area contributed by atoms with Crippen LogP contribution in [0.3, 0.4) is 0 Å². The Balaban J connectivity index is 2.26. The summed E-state index contributed by atoms with van der Waals surface area (Å²) in [5, 5.41) is 3.49. The van der Waals surface area contributed by atoms with Crippen LogP contribution in [-0.4, -0.2) is 16.1 Å². The standard InChI is InChI=1S/C15H20BrN3/c1-11(2)9-17-10-13-4-5-14(16)8-15(13)19-7-6-18-12(19)3/h4-8,11,17H,9-10H2,1-3H3. The number of hydrogen-bond acceptors (Lipinski definition) is 2. The van der Waals surface area contributed by atoms with Crippen LogP contribution in [0.5, 0.6) is 0 Å². The predicted molar refractivity (Wildman–Crippen MR) is 82.5 cm³/mol. The van der Waals surface area contributed by atoms with Crippen molar-refractivity contribution in [1.82, 2.24) is 14.9 Å². The van der Waals surface area contributed by atoms with Gasteiger partial charge in [-0.05, 0) is 37.1 Å². The third kappa shape index (κ3) is 3.67. The maximum absolute atomic E-state index is 4.30. The molecule has 0 saturated carbocycles. The van der Waals surface area contributed by atoms with Crippen LogP contribution < -0.4 is 5.32 Å². The van der Waals surface area contributed by atoms with Gasteiger partial charge in [-0.3, -0.25) is 0 Å². The minimum Gasteiger partial charge on any atom is -0.312 e. The molecule has 0 aliphatic rings. The molecule has 0 spiro atoms. The van der Waals surface area contributed by atoms with E-state index in [-0.39, 0.29) is 0 Å². The number of halogens is 1. The van der Waals surface area contributed by atoms with E-state index in [1.165, 1.54) is 11.3 Å². The molecule has 0 aliphatic carbocycles. The van der Waals surface area contributed by atoms with Crippen molar-refractivity contribution >= 4 is 15.9 Å². The van der Waals surface area contributed by atoms with E-state index in [2.05, 4.69) is 62.8 Å². The molecule has 102 valence electrons. The number of hydrogen-bond donors (Lipinski definition) is 1. The first kappa shape index (κ1) is 14.3. The lowest BCUT2D eigenvalue weighted by atomic mass is 10.1. The zero-order valence-electron chi connectivity index (χ0n) is 11.7. The lowest BCUT2D eigenvalue weighted by Crippen LogP contribution is -2.20. The van der Waals surface area contributed by atoms with Gasteiger partial charge >= 0.3 is 0 Å². The van der Waals surface area contributed by atoms with Gasteiger partial charge in [-0.25, -0.2) is 4.98 Å². The van der Waals surface area contributed by atoms with Gasteiger partial charge in [0, 0.05) is 23.4 Å². The normalized spacial score (nSPS) is 11.2. The molecule has 0 amide bonds. The van der Waals surface area contributed by atoms with Crippen molar-refractivity contribution < 1.29 is 0 Å². The Morgan fingerprint density at radius 1 is 1.37 bits per heavy atom. The van der Waals surface area contributed by atoms with E-state index >= 15 is 0 Å². The highest BCUT2D eigenvalue weighted by molar-refractivity contribution is 9.10. The van der Waals surface area contributed by atoms with E-state index < -0.39 is 0 Å². The summed E-state index contributed by atoms with van der Waals surface area (Å²) >= 11 is 3.54. The first-order valence-corrected chi connectivity index (χ1v) is 7.36. The molecule has 0 unspecified atom stereocenters. The average molecular weight is 322 g/mol. The second-order valence-electron chi connectivity index (χ2n) is 5.14. The van der Waals surface area contributed by atoms with Crippen LogP contribution in [-0.2, 0) is 6.54 Å². The zero-order chi connectivity index (χ0) is 13.8. The number of nitrogens with one attached hydrogen (secondary N) is 1. The Morgan fingerprint density at radius 3 is 2.79 bits per heavy atom. The number of benzene rings is 1. The second kappa shape index (κ2) is 6.35. The minimum atomic E-state index is 0.661. The van der Waals surface area contributed by atoms with Gasteiger partial charge in [-0.2, -0.15) is 0 Å². The first-order chi connectivity index (χ1) is 9.08. The van der Waals surface area contributed by atoms with Gasteiger partial charge in [-0.15, -0.1) is 0 Å². The highest BCUT2D eigenvalue weighted by atomic mass is 79.9. The Hall–Kier alpha value is -1.13. The van der Waals surface area contributed by atoms with Crippen LogP contribution in [0.25, 0.3) is 5.69 Å². The lowest BCUT2D eigenvalue weighted by molar-refractivity contribution is 0.551. The largest absolute Gasteiger partial charge is 0.312 e. The Labute approximate surface area is 123 Å². The van der Waals surface area contributed by atoms with E-state index in [0.29, 0.717) is 5.92 Å². The van der Waals surface area contributed by atoms with Crippen LogP contribution in [0.4, 0.5) is 0 Å². The van der Waals surface area contributed by atoms with Crippen molar-refractivity contribution in [3.05, 3.63) is 46.5 Å². The highest BCUT2D eigenvalue weighted by Crippen LogP contribution is 2.21. The third-order valence-electron chi connectivity index (χ3n) is 3.00. The van der Waals surface area contributed by atoms with Gasteiger partial charge in [0.15, 0.2) is 0 Å². The fourth-order valence-electron chi connectivity index (χ4n) is 2.04. The number of aryl methyl sites for hydroxylation is 1.